The zero-order valence-electron chi connectivity index (χ0n) is 12.2. The third-order valence-electron chi connectivity index (χ3n) is 4.05. The van der Waals surface area contributed by atoms with Gasteiger partial charge in [-0.1, -0.05) is 28.1 Å². The first-order valence-corrected chi connectivity index (χ1v) is 7.98. The Morgan fingerprint density at radius 1 is 1.27 bits per heavy atom. The van der Waals surface area contributed by atoms with Crippen molar-refractivity contribution in [2.75, 3.05) is 7.11 Å². The molecule has 2 aromatic rings. The number of hydrogen-bond acceptors (Lipinski definition) is 3. The lowest BCUT2D eigenvalue weighted by Gasteiger charge is -2.24. The monoisotopic (exact) mass is 361 g/mol. The van der Waals surface area contributed by atoms with Crippen LogP contribution in [0.1, 0.15) is 40.5 Å². The Morgan fingerprint density at radius 3 is 2.82 bits per heavy atom. The van der Waals surface area contributed by atoms with Crippen molar-refractivity contribution in [3.8, 4) is 0 Å². The minimum absolute atomic E-state index is 0.0296. The Bertz CT molecular complexity index is 735. The number of rotatable bonds is 3. The van der Waals surface area contributed by atoms with E-state index in [1.54, 1.807) is 12.1 Å². The van der Waals surface area contributed by atoms with E-state index in [1.807, 2.05) is 28.8 Å². The van der Waals surface area contributed by atoms with E-state index in [2.05, 4.69) is 15.9 Å². The number of esters is 1. The van der Waals surface area contributed by atoms with Crippen LogP contribution in [0.15, 0.2) is 40.9 Å². The van der Waals surface area contributed by atoms with Gasteiger partial charge in [-0.15, -0.1) is 0 Å². The second-order valence-electron chi connectivity index (χ2n) is 5.35. The molecule has 1 aliphatic rings. The maximum Gasteiger partial charge on any atom is 0.314 e. The summed E-state index contributed by atoms with van der Waals surface area (Å²) < 4.78 is 7.70. The molecule has 0 fully saturated rings. The van der Waals surface area contributed by atoms with Crippen molar-refractivity contribution in [2.24, 2.45) is 0 Å². The standard InChI is InChI=1S/C17H16BrNO3/c1-22-17(21)13-6-3-9-19-14(13)7-8-15(19)16(20)11-4-2-5-12(18)10-11/h2,4-5,7-8,10,13H,3,6,9H2,1H3. The number of methoxy groups -OCH3 is 1. The van der Waals surface area contributed by atoms with Crippen molar-refractivity contribution in [2.45, 2.75) is 25.3 Å². The number of benzene rings is 1. The summed E-state index contributed by atoms with van der Waals surface area (Å²) in [4.78, 5) is 24.6. The molecule has 0 bridgehead atoms. The van der Waals surface area contributed by atoms with Crippen LogP contribution in [0.3, 0.4) is 0 Å². The first kappa shape index (κ1) is 15.0. The molecule has 0 saturated heterocycles. The highest BCUT2D eigenvalue weighted by molar-refractivity contribution is 9.10. The van der Waals surface area contributed by atoms with Crippen LogP contribution in [0.25, 0.3) is 0 Å². The SMILES string of the molecule is COC(=O)C1CCCn2c(C(=O)c3cccc(Br)c3)ccc21. The average molecular weight is 362 g/mol. The fourth-order valence-corrected chi connectivity index (χ4v) is 3.39. The quantitative estimate of drug-likeness (QED) is 0.620. The van der Waals surface area contributed by atoms with Crippen molar-refractivity contribution < 1.29 is 14.3 Å². The Balaban J connectivity index is 1.99. The van der Waals surface area contributed by atoms with Crippen molar-refractivity contribution >= 4 is 27.7 Å². The van der Waals surface area contributed by atoms with Gasteiger partial charge in [-0.2, -0.15) is 0 Å². The van der Waals surface area contributed by atoms with E-state index in [-0.39, 0.29) is 17.7 Å². The average Bonchev–Trinajstić information content (AvgIpc) is 2.97. The zero-order valence-corrected chi connectivity index (χ0v) is 13.8. The molecule has 22 heavy (non-hydrogen) atoms. The minimum Gasteiger partial charge on any atom is -0.469 e. The molecule has 1 unspecified atom stereocenters. The molecule has 4 nitrogen and oxygen atoms in total. The van der Waals surface area contributed by atoms with Crippen LogP contribution < -0.4 is 0 Å². The summed E-state index contributed by atoms with van der Waals surface area (Å²) in [5, 5.41) is 0. The molecule has 0 radical (unpaired) electrons. The van der Waals surface area contributed by atoms with Gasteiger partial charge >= 0.3 is 5.97 Å². The first-order chi connectivity index (χ1) is 10.6. The van der Waals surface area contributed by atoms with Gasteiger partial charge in [0.15, 0.2) is 0 Å². The van der Waals surface area contributed by atoms with Gasteiger partial charge in [0.05, 0.1) is 18.7 Å². The predicted octanol–water partition coefficient (Wildman–Crippen LogP) is 3.53. The Morgan fingerprint density at radius 2 is 2.09 bits per heavy atom. The lowest BCUT2D eigenvalue weighted by atomic mass is 9.96. The van der Waals surface area contributed by atoms with Gasteiger partial charge in [0, 0.05) is 22.3 Å². The topological polar surface area (TPSA) is 48.3 Å². The number of fused-ring (bicyclic) bond motifs is 1. The largest absolute Gasteiger partial charge is 0.469 e. The number of carbonyl (C=O) groups is 2. The number of carbonyl (C=O) groups excluding carboxylic acids is 2. The summed E-state index contributed by atoms with van der Waals surface area (Å²) >= 11 is 3.39. The molecule has 1 atom stereocenters. The van der Waals surface area contributed by atoms with Crippen LogP contribution in [0.4, 0.5) is 0 Å². The fraction of sp³-hybridized carbons (Fsp3) is 0.294. The number of halogens is 1. The Kier molecular flexibility index (Phi) is 4.16. The lowest BCUT2D eigenvalue weighted by Crippen LogP contribution is -2.24. The molecule has 0 saturated carbocycles. The summed E-state index contributed by atoms with van der Waals surface area (Å²) in [7, 11) is 1.40. The molecule has 3 rings (SSSR count). The molecular formula is C17H16BrNO3. The molecule has 2 heterocycles. The number of nitrogens with zero attached hydrogens (tertiary/aromatic N) is 1. The Labute approximate surface area is 137 Å². The summed E-state index contributed by atoms with van der Waals surface area (Å²) in [6, 6.07) is 11.0. The maximum atomic E-state index is 12.7. The highest BCUT2D eigenvalue weighted by Crippen LogP contribution is 2.31. The molecule has 5 heteroatoms. The van der Waals surface area contributed by atoms with Crippen molar-refractivity contribution in [3.63, 3.8) is 0 Å². The van der Waals surface area contributed by atoms with Crippen molar-refractivity contribution in [3.05, 3.63) is 57.8 Å². The zero-order chi connectivity index (χ0) is 15.7. The second-order valence-corrected chi connectivity index (χ2v) is 6.27. The van der Waals surface area contributed by atoms with E-state index in [1.165, 1.54) is 7.11 Å². The maximum absolute atomic E-state index is 12.7. The summed E-state index contributed by atoms with van der Waals surface area (Å²) in [6.45, 7) is 0.755. The molecule has 1 aliphatic heterocycles. The highest BCUT2D eigenvalue weighted by Gasteiger charge is 2.30. The van der Waals surface area contributed by atoms with Crippen molar-refractivity contribution in [1.82, 2.24) is 4.57 Å². The van der Waals surface area contributed by atoms with E-state index in [0.717, 1.165) is 29.6 Å². The predicted molar refractivity (Wildman–Crippen MR) is 86.0 cm³/mol. The summed E-state index contributed by atoms with van der Waals surface area (Å²) in [6.07, 6.45) is 1.63. The van der Waals surface area contributed by atoms with Crippen LogP contribution >= 0.6 is 15.9 Å². The van der Waals surface area contributed by atoms with Gasteiger partial charge in [0.1, 0.15) is 0 Å². The molecule has 0 spiro atoms. The minimum atomic E-state index is -0.275. The number of aromatic nitrogens is 1. The normalized spacial score (nSPS) is 16.9. The number of ether oxygens (including phenoxy) is 1. The highest BCUT2D eigenvalue weighted by atomic mass is 79.9. The van der Waals surface area contributed by atoms with Gasteiger partial charge in [-0.05, 0) is 37.1 Å². The van der Waals surface area contributed by atoms with Crippen LogP contribution in [0, 0.1) is 0 Å². The molecule has 0 aliphatic carbocycles. The van der Waals surface area contributed by atoms with Crippen LogP contribution in [-0.4, -0.2) is 23.4 Å². The van der Waals surface area contributed by atoms with Crippen LogP contribution in [-0.2, 0) is 16.1 Å². The molecule has 1 aromatic heterocycles. The second kappa shape index (κ2) is 6.08. The van der Waals surface area contributed by atoms with Crippen LogP contribution in [0.2, 0.25) is 0 Å². The van der Waals surface area contributed by atoms with Gasteiger partial charge in [0.25, 0.3) is 0 Å². The van der Waals surface area contributed by atoms with Gasteiger partial charge in [-0.3, -0.25) is 9.59 Å². The van der Waals surface area contributed by atoms with Gasteiger partial charge < -0.3 is 9.30 Å². The summed E-state index contributed by atoms with van der Waals surface area (Å²) in [5.74, 6) is -0.540. The molecule has 114 valence electrons. The smallest absolute Gasteiger partial charge is 0.314 e. The third-order valence-corrected chi connectivity index (χ3v) is 4.54. The Hall–Kier alpha value is -1.88. The van der Waals surface area contributed by atoms with Crippen molar-refractivity contribution in [1.29, 1.82) is 0 Å². The van der Waals surface area contributed by atoms with Gasteiger partial charge in [0.2, 0.25) is 5.78 Å². The van der Waals surface area contributed by atoms with E-state index in [9.17, 15) is 9.59 Å². The van der Waals surface area contributed by atoms with Gasteiger partial charge in [-0.25, -0.2) is 0 Å². The molecule has 0 N–H and O–H groups in total. The fourth-order valence-electron chi connectivity index (χ4n) is 3.00. The first-order valence-electron chi connectivity index (χ1n) is 7.19. The molecule has 0 amide bonds. The molecular weight excluding hydrogens is 346 g/mol. The molecule has 1 aromatic carbocycles. The number of hydrogen-bond donors (Lipinski definition) is 0. The van der Waals surface area contributed by atoms with E-state index < -0.39 is 0 Å². The number of ketones is 1. The van der Waals surface area contributed by atoms with Crippen LogP contribution in [0.5, 0.6) is 0 Å². The van der Waals surface area contributed by atoms with E-state index >= 15 is 0 Å². The third kappa shape index (κ3) is 2.61. The van der Waals surface area contributed by atoms with E-state index in [0.29, 0.717) is 11.3 Å². The van der Waals surface area contributed by atoms with E-state index in [4.69, 9.17) is 4.74 Å². The summed E-state index contributed by atoms with van der Waals surface area (Å²) in [5.41, 5.74) is 2.13. The lowest BCUT2D eigenvalue weighted by molar-refractivity contribution is -0.143.